The van der Waals surface area contributed by atoms with Crippen molar-refractivity contribution in [3.05, 3.63) is 17.5 Å². The van der Waals surface area contributed by atoms with Gasteiger partial charge < -0.3 is 0 Å². The molecule has 78 valence electrons. The Morgan fingerprint density at radius 1 is 1.43 bits per heavy atom. The summed E-state index contributed by atoms with van der Waals surface area (Å²) in [5.74, 6) is 0.544. The van der Waals surface area contributed by atoms with Gasteiger partial charge in [-0.3, -0.25) is 9.48 Å². The first-order chi connectivity index (χ1) is 6.56. The van der Waals surface area contributed by atoms with E-state index in [1.54, 1.807) is 6.20 Å². The van der Waals surface area contributed by atoms with Crippen LogP contribution in [0.4, 0.5) is 0 Å². The van der Waals surface area contributed by atoms with Crippen LogP contribution in [0.3, 0.4) is 0 Å². The van der Waals surface area contributed by atoms with Crippen LogP contribution >= 0.6 is 0 Å². The number of aldehydes is 1. The largest absolute Gasteiger partial charge is 0.298 e. The van der Waals surface area contributed by atoms with Gasteiger partial charge in [0.1, 0.15) is 0 Å². The van der Waals surface area contributed by atoms with Crippen molar-refractivity contribution >= 4 is 6.29 Å². The van der Waals surface area contributed by atoms with E-state index in [0.29, 0.717) is 12.0 Å². The van der Waals surface area contributed by atoms with Crippen LogP contribution in [0.5, 0.6) is 0 Å². The fourth-order valence-electron chi connectivity index (χ4n) is 1.54. The van der Waals surface area contributed by atoms with Gasteiger partial charge in [0, 0.05) is 11.7 Å². The molecule has 3 nitrogen and oxygen atoms in total. The van der Waals surface area contributed by atoms with Crippen LogP contribution in [-0.2, 0) is 6.42 Å². The fraction of sp³-hybridized carbons (Fsp3) is 0.636. The molecule has 1 heterocycles. The van der Waals surface area contributed by atoms with Gasteiger partial charge in [0.25, 0.3) is 0 Å². The molecule has 0 radical (unpaired) electrons. The van der Waals surface area contributed by atoms with E-state index in [-0.39, 0.29) is 0 Å². The molecule has 0 N–H and O–H groups in total. The van der Waals surface area contributed by atoms with E-state index in [2.05, 4.69) is 32.8 Å². The minimum Gasteiger partial charge on any atom is -0.298 e. The molecule has 0 spiro atoms. The highest BCUT2D eigenvalue weighted by atomic mass is 16.1. The Kier molecular flexibility index (Phi) is 3.44. The summed E-state index contributed by atoms with van der Waals surface area (Å²) in [4.78, 5) is 10.8. The molecule has 14 heavy (non-hydrogen) atoms. The van der Waals surface area contributed by atoms with Gasteiger partial charge in [0.15, 0.2) is 6.29 Å². The van der Waals surface area contributed by atoms with Gasteiger partial charge in [0.05, 0.1) is 11.8 Å². The third-order valence-corrected chi connectivity index (χ3v) is 2.15. The number of carbonyl (C=O) groups is 1. The molecule has 0 amide bonds. The maximum Gasteiger partial charge on any atom is 0.153 e. The number of aromatic nitrogens is 2. The van der Waals surface area contributed by atoms with Gasteiger partial charge in [-0.1, -0.05) is 13.8 Å². The van der Waals surface area contributed by atoms with E-state index < -0.39 is 0 Å². The normalized spacial score (nSPS) is 11.3. The van der Waals surface area contributed by atoms with Crippen molar-refractivity contribution in [3.63, 3.8) is 0 Å². The molecule has 0 aliphatic heterocycles. The van der Waals surface area contributed by atoms with Crippen molar-refractivity contribution in [1.29, 1.82) is 0 Å². The molecule has 0 aromatic carbocycles. The van der Waals surface area contributed by atoms with Gasteiger partial charge in [-0.05, 0) is 26.2 Å². The van der Waals surface area contributed by atoms with Crippen molar-refractivity contribution in [1.82, 2.24) is 9.78 Å². The second kappa shape index (κ2) is 4.40. The molecule has 1 rings (SSSR count). The minimum absolute atomic E-state index is 0.317. The summed E-state index contributed by atoms with van der Waals surface area (Å²) in [5, 5.41) is 4.22. The summed E-state index contributed by atoms with van der Waals surface area (Å²) in [6.07, 6.45) is 3.46. The molecule has 0 saturated carbocycles. The first-order valence-corrected chi connectivity index (χ1v) is 5.07. The van der Waals surface area contributed by atoms with Crippen LogP contribution in [0, 0.1) is 5.92 Å². The number of hydrogen-bond acceptors (Lipinski definition) is 2. The summed E-state index contributed by atoms with van der Waals surface area (Å²) >= 11 is 0. The molecular formula is C11H18N2O. The molecule has 1 aromatic rings. The van der Waals surface area contributed by atoms with Crippen molar-refractivity contribution in [3.8, 4) is 0 Å². The third kappa shape index (κ3) is 2.22. The molecule has 0 saturated heterocycles. The second-order valence-electron chi connectivity index (χ2n) is 4.30. The minimum atomic E-state index is 0.317. The highest BCUT2D eigenvalue weighted by Crippen LogP contribution is 2.16. The van der Waals surface area contributed by atoms with Gasteiger partial charge in [-0.2, -0.15) is 5.10 Å². The van der Waals surface area contributed by atoms with Crippen LogP contribution < -0.4 is 0 Å². The molecule has 3 heteroatoms. The maximum absolute atomic E-state index is 10.8. The van der Waals surface area contributed by atoms with Gasteiger partial charge in [-0.25, -0.2) is 0 Å². The van der Waals surface area contributed by atoms with Crippen molar-refractivity contribution in [2.24, 2.45) is 5.92 Å². The van der Waals surface area contributed by atoms with E-state index in [1.807, 2.05) is 4.68 Å². The summed E-state index contributed by atoms with van der Waals surface area (Å²) in [6, 6.07) is 0.317. The Labute approximate surface area is 85.1 Å². The number of carbonyl (C=O) groups excluding carboxylic acids is 1. The van der Waals surface area contributed by atoms with E-state index in [4.69, 9.17) is 0 Å². The van der Waals surface area contributed by atoms with E-state index in [1.165, 1.54) is 0 Å². The van der Waals surface area contributed by atoms with Crippen LogP contribution in [0.15, 0.2) is 6.20 Å². The topological polar surface area (TPSA) is 34.9 Å². The Balaban J connectivity index is 3.05. The molecule has 0 aliphatic rings. The van der Waals surface area contributed by atoms with Gasteiger partial charge in [-0.15, -0.1) is 0 Å². The molecule has 0 aliphatic carbocycles. The smallest absolute Gasteiger partial charge is 0.153 e. The van der Waals surface area contributed by atoms with Crippen molar-refractivity contribution in [2.45, 2.75) is 40.2 Å². The lowest BCUT2D eigenvalue weighted by molar-refractivity contribution is 0.112. The van der Waals surface area contributed by atoms with E-state index in [9.17, 15) is 4.79 Å². The summed E-state index contributed by atoms with van der Waals surface area (Å²) in [5.41, 5.74) is 1.79. The van der Waals surface area contributed by atoms with Crippen LogP contribution in [-0.4, -0.2) is 16.1 Å². The maximum atomic E-state index is 10.8. The Hall–Kier alpha value is -1.12. The molecule has 0 bridgehead atoms. The first kappa shape index (κ1) is 11.0. The van der Waals surface area contributed by atoms with Gasteiger partial charge in [0.2, 0.25) is 0 Å². The molecular weight excluding hydrogens is 176 g/mol. The zero-order chi connectivity index (χ0) is 10.7. The fourth-order valence-corrected chi connectivity index (χ4v) is 1.54. The molecule has 0 fully saturated rings. The van der Waals surface area contributed by atoms with Gasteiger partial charge >= 0.3 is 0 Å². The Morgan fingerprint density at radius 3 is 2.50 bits per heavy atom. The van der Waals surface area contributed by atoms with Crippen LogP contribution in [0.2, 0.25) is 0 Å². The first-order valence-electron chi connectivity index (χ1n) is 5.07. The number of rotatable bonds is 4. The molecule has 0 unspecified atom stereocenters. The number of nitrogens with zero attached hydrogens (tertiary/aromatic N) is 2. The van der Waals surface area contributed by atoms with E-state index >= 15 is 0 Å². The van der Waals surface area contributed by atoms with Crippen molar-refractivity contribution in [2.75, 3.05) is 0 Å². The predicted octanol–water partition coefficient (Wildman–Crippen LogP) is 2.48. The third-order valence-electron chi connectivity index (χ3n) is 2.15. The lowest BCUT2D eigenvalue weighted by Crippen LogP contribution is -2.10. The summed E-state index contributed by atoms with van der Waals surface area (Å²) in [7, 11) is 0. The standard InChI is InChI=1S/C11H18N2O/c1-8(2)5-11-10(7-14)6-12-13(11)9(3)4/h6-9H,5H2,1-4H3. The molecule has 0 atom stereocenters. The second-order valence-corrected chi connectivity index (χ2v) is 4.30. The van der Waals surface area contributed by atoms with E-state index in [0.717, 1.165) is 24.0 Å². The Bertz CT molecular complexity index is 313. The molecule has 1 aromatic heterocycles. The Morgan fingerprint density at radius 2 is 2.07 bits per heavy atom. The zero-order valence-corrected chi connectivity index (χ0v) is 9.32. The lowest BCUT2D eigenvalue weighted by Gasteiger charge is -2.13. The average molecular weight is 194 g/mol. The SMILES string of the molecule is CC(C)Cc1c(C=O)cnn1C(C)C. The number of hydrogen-bond donors (Lipinski definition) is 0. The average Bonchev–Trinajstić information content (AvgIpc) is 2.46. The monoisotopic (exact) mass is 194 g/mol. The highest BCUT2D eigenvalue weighted by molar-refractivity contribution is 5.76. The highest BCUT2D eigenvalue weighted by Gasteiger charge is 2.13. The summed E-state index contributed by atoms with van der Waals surface area (Å²) in [6.45, 7) is 8.44. The quantitative estimate of drug-likeness (QED) is 0.690. The summed E-state index contributed by atoms with van der Waals surface area (Å²) < 4.78 is 1.93. The predicted molar refractivity (Wildman–Crippen MR) is 56.5 cm³/mol. The lowest BCUT2D eigenvalue weighted by atomic mass is 10.1. The zero-order valence-electron chi connectivity index (χ0n) is 9.32. The van der Waals surface area contributed by atoms with Crippen LogP contribution in [0.25, 0.3) is 0 Å². The van der Waals surface area contributed by atoms with Crippen LogP contribution in [0.1, 0.15) is 49.8 Å². The van der Waals surface area contributed by atoms with Crippen molar-refractivity contribution < 1.29 is 4.79 Å².